The molecule has 5 rings (SSSR count). The van der Waals surface area contributed by atoms with Crippen molar-refractivity contribution in [2.45, 2.75) is 19.3 Å². The van der Waals surface area contributed by atoms with Crippen LogP contribution in [0, 0.1) is 25.1 Å². The lowest BCUT2D eigenvalue weighted by atomic mass is 9.85. The van der Waals surface area contributed by atoms with Crippen LogP contribution in [0.3, 0.4) is 0 Å². The number of terminal acetylenes is 1. The maximum atomic E-state index is 13.4. The summed E-state index contributed by atoms with van der Waals surface area (Å²) in [5.74, 6) is 3.29. The lowest BCUT2D eigenvalue weighted by Gasteiger charge is -2.25. The number of ether oxygens (including phenoxy) is 2. The van der Waals surface area contributed by atoms with Gasteiger partial charge in [0.1, 0.15) is 18.2 Å². The molecule has 3 heterocycles. The van der Waals surface area contributed by atoms with Gasteiger partial charge in [-0.05, 0) is 48.9 Å². The van der Waals surface area contributed by atoms with E-state index in [1.54, 1.807) is 25.3 Å². The van der Waals surface area contributed by atoms with Gasteiger partial charge in [-0.1, -0.05) is 12.0 Å². The molecule has 1 atom stereocenters. The van der Waals surface area contributed by atoms with Crippen molar-refractivity contribution >= 4 is 11.7 Å². The molecule has 180 valence electrons. The molecule has 0 saturated heterocycles. The molecule has 2 aromatic heterocycles. The molecule has 0 radical (unpaired) electrons. The average molecular weight is 484 g/mol. The van der Waals surface area contributed by atoms with Crippen molar-refractivity contribution in [2.24, 2.45) is 0 Å². The maximum Gasteiger partial charge on any atom is 0.272 e. The maximum absolute atomic E-state index is 13.4. The number of anilines is 1. The Hall–Kier alpha value is -4.78. The van der Waals surface area contributed by atoms with Gasteiger partial charge in [-0.2, -0.15) is 14.9 Å². The fraction of sp³-hybridized carbons (Fsp3) is 0.192. The molecule has 10 heteroatoms. The third kappa shape index (κ3) is 4.22. The number of methoxy groups -OCH3 is 1. The summed E-state index contributed by atoms with van der Waals surface area (Å²) in [5.41, 5.74) is 3.54. The number of amides is 1. The van der Waals surface area contributed by atoms with Gasteiger partial charge in [0.05, 0.1) is 24.7 Å². The van der Waals surface area contributed by atoms with Crippen molar-refractivity contribution in [3.63, 3.8) is 0 Å². The predicted molar refractivity (Wildman–Crippen MR) is 129 cm³/mol. The lowest BCUT2D eigenvalue weighted by Crippen LogP contribution is -2.25. The molecule has 0 fully saturated rings. The van der Waals surface area contributed by atoms with Crippen LogP contribution >= 0.6 is 0 Å². The molecule has 0 bridgehead atoms. The third-order valence-electron chi connectivity index (χ3n) is 5.88. The summed E-state index contributed by atoms with van der Waals surface area (Å²) in [5, 5.41) is 15.7. The zero-order valence-corrected chi connectivity index (χ0v) is 19.5. The molecule has 1 aliphatic rings. The zero-order chi connectivity index (χ0) is 25.2. The highest BCUT2D eigenvalue weighted by molar-refractivity contribution is 5.95. The van der Waals surface area contributed by atoms with E-state index in [1.807, 2.05) is 19.1 Å². The number of hydrogen-bond donors (Lipinski definition) is 1. The van der Waals surface area contributed by atoms with Crippen LogP contribution in [0.4, 0.5) is 10.2 Å². The highest BCUT2D eigenvalue weighted by atomic mass is 19.1. The Morgan fingerprint density at radius 3 is 2.78 bits per heavy atom. The molecule has 4 aromatic rings. The van der Waals surface area contributed by atoms with Crippen LogP contribution in [0.25, 0.3) is 17.2 Å². The average Bonchev–Trinajstić information content (AvgIpc) is 3.23. The van der Waals surface area contributed by atoms with E-state index < -0.39 is 0 Å². The molecule has 0 saturated carbocycles. The Bertz CT molecular complexity index is 1490. The Labute approximate surface area is 206 Å². The van der Waals surface area contributed by atoms with Gasteiger partial charge in [0.25, 0.3) is 5.95 Å². The van der Waals surface area contributed by atoms with E-state index in [0.717, 1.165) is 11.1 Å². The molecule has 0 unspecified atom stereocenters. The summed E-state index contributed by atoms with van der Waals surface area (Å²) < 4.78 is 25.9. The molecule has 36 heavy (non-hydrogen) atoms. The van der Waals surface area contributed by atoms with Crippen LogP contribution < -0.4 is 14.8 Å². The van der Waals surface area contributed by atoms with Crippen LogP contribution in [0.15, 0.2) is 48.7 Å². The number of nitrogens with one attached hydrogen (secondary N) is 1. The first-order valence-electron chi connectivity index (χ1n) is 11.1. The minimum absolute atomic E-state index is 0.0852. The Balaban J connectivity index is 1.57. The summed E-state index contributed by atoms with van der Waals surface area (Å²) in [6.07, 6.45) is 7.05. The number of hydrogen-bond acceptors (Lipinski definition) is 7. The van der Waals surface area contributed by atoms with Gasteiger partial charge in [0, 0.05) is 23.5 Å². The van der Waals surface area contributed by atoms with Gasteiger partial charge in [-0.3, -0.25) is 4.79 Å². The summed E-state index contributed by atoms with van der Waals surface area (Å²) in [7, 11) is 1.55. The van der Waals surface area contributed by atoms with E-state index in [9.17, 15) is 9.18 Å². The second-order valence-electron chi connectivity index (χ2n) is 8.12. The van der Waals surface area contributed by atoms with Crippen molar-refractivity contribution < 1.29 is 18.7 Å². The largest absolute Gasteiger partial charge is 0.493 e. The number of nitrogens with zero attached hydrogens (tertiary/aromatic N) is 5. The summed E-state index contributed by atoms with van der Waals surface area (Å²) in [6, 6.07) is 11.4. The van der Waals surface area contributed by atoms with Crippen molar-refractivity contribution in [1.82, 2.24) is 25.0 Å². The molecule has 1 amide bonds. The normalized spacial score (nSPS) is 14.5. The number of rotatable bonds is 6. The van der Waals surface area contributed by atoms with E-state index in [4.69, 9.17) is 15.9 Å². The van der Waals surface area contributed by atoms with Gasteiger partial charge >= 0.3 is 0 Å². The summed E-state index contributed by atoms with van der Waals surface area (Å²) in [6.45, 7) is 1.94. The van der Waals surface area contributed by atoms with E-state index in [-0.39, 0.29) is 36.6 Å². The first-order valence-corrected chi connectivity index (χ1v) is 11.1. The Morgan fingerprint density at radius 1 is 1.22 bits per heavy atom. The van der Waals surface area contributed by atoms with E-state index in [1.165, 1.54) is 23.0 Å². The van der Waals surface area contributed by atoms with Crippen molar-refractivity contribution in [2.75, 3.05) is 19.0 Å². The van der Waals surface area contributed by atoms with Gasteiger partial charge in [0.15, 0.2) is 11.5 Å². The van der Waals surface area contributed by atoms with Crippen molar-refractivity contribution in [1.29, 1.82) is 0 Å². The molecule has 2 aromatic carbocycles. The molecular formula is C26H21FN6O3. The summed E-state index contributed by atoms with van der Waals surface area (Å²) >= 11 is 0. The standard InChI is InChI=1S/C26H21FN6O3/c1-4-11-36-22-12-17(7-10-21(22)35-3)19-13-23(34)30-25-24(19)15(2)32-33(25)26-29-20(14-28-31-26)16-5-8-18(27)9-6-16/h1,5-10,12,14,19H,11,13H2,2-3H3,(H,30,34)/t19-/m0/s1. The highest BCUT2D eigenvalue weighted by Crippen LogP contribution is 2.42. The molecule has 1 N–H and O–H groups in total. The molecular weight excluding hydrogens is 463 g/mol. The first-order chi connectivity index (χ1) is 17.5. The van der Waals surface area contributed by atoms with Crippen LogP contribution in [0.1, 0.15) is 29.2 Å². The van der Waals surface area contributed by atoms with E-state index in [2.05, 4.69) is 31.5 Å². The van der Waals surface area contributed by atoms with Crippen LogP contribution in [0.5, 0.6) is 11.5 Å². The van der Waals surface area contributed by atoms with Gasteiger partial charge in [-0.25, -0.2) is 9.37 Å². The van der Waals surface area contributed by atoms with Gasteiger partial charge in [0.2, 0.25) is 5.91 Å². The van der Waals surface area contributed by atoms with Crippen molar-refractivity contribution in [3.05, 3.63) is 71.3 Å². The Kier molecular flexibility index (Phi) is 6.04. The topological polar surface area (TPSA) is 104 Å². The summed E-state index contributed by atoms with van der Waals surface area (Å²) in [4.78, 5) is 17.3. The number of benzene rings is 2. The fourth-order valence-corrected chi connectivity index (χ4v) is 4.26. The predicted octanol–water partition coefficient (Wildman–Crippen LogP) is 3.67. The van der Waals surface area contributed by atoms with Crippen LogP contribution in [-0.4, -0.2) is 44.6 Å². The zero-order valence-electron chi connectivity index (χ0n) is 19.5. The number of halogens is 1. The number of aryl methyl sites for hydroxylation is 1. The van der Waals surface area contributed by atoms with Gasteiger partial charge < -0.3 is 14.8 Å². The monoisotopic (exact) mass is 484 g/mol. The Morgan fingerprint density at radius 2 is 2.03 bits per heavy atom. The van der Waals surface area contributed by atoms with Crippen molar-refractivity contribution in [3.8, 4) is 41.0 Å². The molecule has 1 aliphatic heterocycles. The number of aromatic nitrogens is 5. The third-order valence-corrected chi connectivity index (χ3v) is 5.88. The molecule has 0 spiro atoms. The second kappa shape index (κ2) is 9.46. The van der Waals surface area contributed by atoms with Gasteiger partial charge in [-0.15, -0.1) is 11.5 Å². The van der Waals surface area contributed by atoms with E-state index >= 15 is 0 Å². The van der Waals surface area contributed by atoms with Crippen LogP contribution in [0.2, 0.25) is 0 Å². The smallest absolute Gasteiger partial charge is 0.272 e. The minimum Gasteiger partial charge on any atom is -0.493 e. The lowest BCUT2D eigenvalue weighted by molar-refractivity contribution is -0.116. The number of carbonyl (C=O) groups excluding carboxylic acids is 1. The minimum atomic E-state index is -0.349. The number of fused-ring (bicyclic) bond motifs is 1. The SMILES string of the molecule is C#CCOc1cc([C@@H]2CC(=O)Nc3c2c(C)nn3-c2nncc(-c3ccc(F)cc3)n2)ccc1OC. The highest BCUT2D eigenvalue weighted by Gasteiger charge is 2.34. The molecule has 0 aliphatic carbocycles. The quantitative estimate of drug-likeness (QED) is 0.417. The fourth-order valence-electron chi connectivity index (χ4n) is 4.26. The first kappa shape index (κ1) is 23.0. The number of carbonyl (C=O) groups is 1. The molecule has 9 nitrogen and oxygen atoms in total. The van der Waals surface area contributed by atoms with Crippen LogP contribution in [-0.2, 0) is 4.79 Å². The second-order valence-corrected chi connectivity index (χ2v) is 8.12. The van der Waals surface area contributed by atoms with E-state index in [0.29, 0.717) is 34.3 Å².